The van der Waals surface area contributed by atoms with E-state index < -0.39 is 10.0 Å². The molecule has 0 spiro atoms. The van der Waals surface area contributed by atoms with E-state index in [2.05, 4.69) is 0 Å². The van der Waals surface area contributed by atoms with E-state index in [4.69, 9.17) is 4.74 Å². The molecule has 0 radical (unpaired) electrons. The van der Waals surface area contributed by atoms with Gasteiger partial charge < -0.3 is 4.74 Å². The second-order valence-corrected chi connectivity index (χ2v) is 7.76. The Morgan fingerprint density at radius 2 is 1.86 bits per heavy atom. The van der Waals surface area contributed by atoms with Crippen molar-refractivity contribution in [1.82, 2.24) is 4.31 Å². The van der Waals surface area contributed by atoms with Gasteiger partial charge in [-0.1, -0.05) is 6.42 Å². The lowest BCUT2D eigenvalue weighted by molar-refractivity contribution is 0.268. The summed E-state index contributed by atoms with van der Waals surface area (Å²) in [6.07, 6.45) is 2.98. The van der Waals surface area contributed by atoms with Crippen LogP contribution in [0.15, 0.2) is 11.0 Å². The Kier molecular flexibility index (Phi) is 4.63. The van der Waals surface area contributed by atoms with E-state index in [9.17, 15) is 8.42 Å². The topological polar surface area (TPSA) is 46.6 Å². The maximum Gasteiger partial charge on any atom is 0.243 e. The fourth-order valence-electron chi connectivity index (χ4n) is 3.18. The van der Waals surface area contributed by atoms with E-state index in [1.807, 2.05) is 33.8 Å². The molecule has 21 heavy (non-hydrogen) atoms. The predicted octanol–water partition coefficient (Wildman–Crippen LogP) is 3.18. The summed E-state index contributed by atoms with van der Waals surface area (Å²) < 4.78 is 33.1. The first-order valence-electron chi connectivity index (χ1n) is 7.47. The number of rotatable bonds is 3. The van der Waals surface area contributed by atoms with Gasteiger partial charge in [0.1, 0.15) is 5.75 Å². The molecule has 1 aromatic rings. The fraction of sp³-hybridized carbons (Fsp3) is 0.625. The summed E-state index contributed by atoms with van der Waals surface area (Å²) in [5.41, 5.74) is 2.45. The summed E-state index contributed by atoms with van der Waals surface area (Å²) in [6.45, 7) is 8.24. The third-order valence-electron chi connectivity index (χ3n) is 4.51. The zero-order valence-corrected chi connectivity index (χ0v) is 14.4. The molecular formula is C16H25NO3S. The van der Waals surface area contributed by atoms with Crippen LogP contribution in [0.3, 0.4) is 0 Å². The SMILES string of the molecule is COc1cc(C)c(S(=O)(=O)N2CCCCC2C)c(C)c1C. The monoisotopic (exact) mass is 311 g/mol. The Labute approximate surface area is 128 Å². The molecule has 0 bridgehead atoms. The summed E-state index contributed by atoms with van der Waals surface area (Å²) in [4.78, 5) is 0.453. The van der Waals surface area contributed by atoms with Crippen LogP contribution in [0.5, 0.6) is 5.75 Å². The van der Waals surface area contributed by atoms with Gasteiger partial charge in [-0.2, -0.15) is 4.31 Å². The standard InChI is InChI=1S/C16H25NO3S/c1-11-10-15(20-5)13(3)14(4)16(11)21(18,19)17-9-7-6-8-12(17)2/h10,12H,6-9H2,1-5H3. The Hall–Kier alpha value is -1.07. The predicted molar refractivity (Wildman–Crippen MR) is 84.4 cm³/mol. The maximum absolute atomic E-state index is 13.1. The number of aryl methyl sites for hydroxylation is 1. The van der Waals surface area contributed by atoms with Crippen molar-refractivity contribution in [3.8, 4) is 5.75 Å². The molecule has 1 aromatic carbocycles. The van der Waals surface area contributed by atoms with Crippen molar-refractivity contribution in [3.05, 3.63) is 22.8 Å². The Balaban J connectivity index is 2.57. The molecule has 4 nitrogen and oxygen atoms in total. The quantitative estimate of drug-likeness (QED) is 0.861. The maximum atomic E-state index is 13.1. The van der Waals surface area contributed by atoms with Gasteiger partial charge in [0.25, 0.3) is 0 Å². The number of nitrogens with zero attached hydrogens (tertiary/aromatic N) is 1. The van der Waals surface area contributed by atoms with Crippen LogP contribution in [0.25, 0.3) is 0 Å². The lowest BCUT2D eigenvalue weighted by atomic mass is 10.1. The molecular weight excluding hydrogens is 286 g/mol. The third kappa shape index (κ3) is 2.81. The molecule has 1 aliphatic heterocycles. The van der Waals surface area contributed by atoms with Crippen molar-refractivity contribution >= 4 is 10.0 Å². The van der Waals surface area contributed by atoms with Gasteiger partial charge in [0.15, 0.2) is 0 Å². The minimum atomic E-state index is -3.44. The van der Waals surface area contributed by atoms with E-state index in [-0.39, 0.29) is 6.04 Å². The highest BCUT2D eigenvalue weighted by Crippen LogP contribution is 2.34. The van der Waals surface area contributed by atoms with Crippen LogP contribution >= 0.6 is 0 Å². The van der Waals surface area contributed by atoms with Gasteiger partial charge in [0, 0.05) is 12.6 Å². The van der Waals surface area contributed by atoms with Crippen LogP contribution in [-0.2, 0) is 10.0 Å². The summed E-state index contributed by atoms with van der Waals surface area (Å²) in [5.74, 6) is 0.746. The molecule has 0 aliphatic carbocycles. The second-order valence-electron chi connectivity index (χ2n) is 5.94. The number of methoxy groups -OCH3 is 1. The number of hydrogen-bond donors (Lipinski definition) is 0. The number of piperidine rings is 1. The zero-order valence-electron chi connectivity index (χ0n) is 13.6. The molecule has 1 aliphatic rings. The normalized spacial score (nSPS) is 20.5. The van der Waals surface area contributed by atoms with Crippen LogP contribution in [-0.4, -0.2) is 32.4 Å². The van der Waals surface area contributed by atoms with Crippen LogP contribution in [0.4, 0.5) is 0 Å². The molecule has 0 aromatic heterocycles. The molecule has 5 heteroatoms. The Bertz CT molecular complexity index is 637. The highest BCUT2D eigenvalue weighted by molar-refractivity contribution is 7.89. The molecule has 0 saturated carbocycles. The molecule has 1 unspecified atom stereocenters. The zero-order chi connectivity index (χ0) is 15.8. The van der Waals surface area contributed by atoms with Crippen LogP contribution < -0.4 is 4.74 Å². The second kappa shape index (κ2) is 5.97. The molecule has 0 N–H and O–H groups in total. The van der Waals surface area contributed by atoms with Crippen molar-refractivity contribution in [2.45, 2.75) is 57.9 Å². The average molecular weight is 311 g/mol. The molecule has 1 saturated heterocycles. The summed E-state index contributed by atoms with van der Waals surface area (Å²) >= 11 is 0. The number of benzene rings is 1. The lowest BCUT2D eigenvalue weighted by Crippen LogP contribution is -2.42. The van der Waals surface area contributed by atoms with E-state index in [1.54, 1.807) is 11.4 Å². The van der Waals surface area contributed by atoms with Gasteiger partial charge in [0.2, 0.25) is 10.0 Å². The first kappa shape index (κ1) is 16.3. The highest BCUT2D eigenvalue weighted by Gasteiger charge is 2.33. The largest absolute Gasteiger partial charge is 0.496 e. The Morgan fingerprint density at radius 1 is 1.19 bits per heavy atom. The first-order valence-corrected chi connectivity index (χ1v) is 8.91. The average Bonchev–Trinajstić information content (AvgIpc) is 2.43. The number of sulfonamides is 1. The van der Waals surface area contributed by atoms with Gasteiger partial charge in [-0.15, -0.1) is 0 Å². The van der Waals surface area contributed by atoms with Gasteiger partial charge in [-0.3, -0.25) is 0 Å². The molecule has 2 rings (SSSR count). The summed E-state index contributed by atoms with van der Waals surface area (Å²) in [5, 5.41) is 0. The molecule has 1 heterocycles. The number of ether oxygens (including phenoxy) is 1. The van der Waals surface area contributed by atoms with E-state index >= 15 is 0 Å². The van der Waals surface area contributed by atoms with E-state index in [0.717, 1.165) is 41.7 Å². The van der Waals surface area contributed by atoms with Crippen LogP contribution in [0.1, 0.15) is 42.9 Å². The van der Waals surface area contributed by atoms with Crippen LogP contribution in [0, 0.1) is 20.8 Å². The summed E-state index contributed by atoms with van der Waals surface area (Å²) in [6, 6.07) is 1.90. The van der Waals surface area contributed by atoms with Gasteiger partial charge in [-0.25, -0.2) is 8.42 Å². The minimum absolute atomic E-state index is 0.0740. The van der Waals surface area contributed by atoms with E-state index in [1.165, 1.54) is 0 Å². The lowest BCUT2D eigenvalue weighted by Gasteiger charge is -2.33. The van der Waals surface area contributed by atoms with Gasteiger partial charge in [-0.05, 0) is 63.3 Å². The fourth-order valence-corrected chi connectivity index (χ4v) is 5.37. The summed E-state index contributed by atoms with van der Waals surface area (Å²) in [7, 11) is -1.83. The molecule has 118 valence electrons. The van der Waals surface area contributed by atoms with Crippen molar-refractivity contribution in [3.63, 3.8) is 0 Å². The molecule has 1 atom stereocenters. The van der Waals surface area contributed by atoms with Gasteiger partial charge in [0.05, 0.1) is 12.0 Å². The Morgan fingerprint density at radius 3 is 2.43 bits per heavy atom. The molecule has 1 fully saturated rings. The van der Waals surface area contributed by atoms with Crippen LogP contribution in [0.2, 0.25) is 0 Å². The van der Waals surface area contributed by atoms with Crippen molar-refractivity contribution in [1.29, 1.82) is 0 Å². The first-order chi connectivity index (χ1) is 9.80. The van der Waals surface area contributed by atoms with Crippen molar-refractivity contribution in [2.24, 2.45) is 0 Å². The minimum Gasteiger partial charge on any atom is -0.496 e. The third-order valence-corrected chi connectivity index (χ3v) is 6.81. The van der Waals surface area contributed by atoms with Gasteiger partial charge >= 0.3 is 0 Å². The van der Waals surface area contributed by atoms with Crippen molar-refractivity contribution < 1.29 is 13.2 Å². The highest BCUT2D eigenvalue weighted by atomic mass is 32.2. The number of hydrogen-bond acceptors (Lipinski definition) is 3. The molecule has 0 amide bonds. The van der Waals surface area contributed by atoms with E-state index in [0.29, 0.717) is 11.4 Å². The van der Waals surface area contributed by atoms with Crippen molar-refractivity contribution in [2.75, 3.05) is 13.7 Å². The smallest absolute Gasteiger partial charge is 0.243 e.